The van der Waals surface area contributed by atoms with Gasteiger partial charge in [-0.3, -0.25) is 4.98 Å². The number of aromatic nitrogens is 1. The van der Waals surface area contributed by atoms with Crippen LogP contribution in [0.25, 0.3) is 0 Å². The molecule has 0 aromatic carbocycles. The van der Waals surface area contributed by atoms with Crippen LogP contribution in [0.5, 0.6) is 0 Å². The molecule has 0 bridgehead atoms. The monoisotopic (exact) mass is 246 g/mol. The fourth-order valence-corrected chi connectivity index (χ4v) is 1.61. The van der Waals surface area contributed by atoms with E-state index in [4.69, 9.17) is 5.73 Å². The average molecular weight is 246 g/mol. The van der Waals surface area contributed by atoms with Crippen molar-refractivity contribution in [3.8, 4) is 0 Å². The van der Waals surface area contributed by atoms with Crippen LogP contribution < -0.4 is 5.73 Å². The minimum absolute atomic E-state index is 0.109. The van der Waals surface area contributed by atoms with Crippen molar-refractivity contribution in [3.05, 3.63) is 30.1 Å². The number of hydrogen-bond acceptors (Lipinski definition) is 2. The summed E-state index contributed by atoms with van der Waals surface area (Å²) < 4.78 is 35.7. The lowest BCUT2D eigenvalue weighted by atomic mass is 10.0. The SMILES string of the molecule is NC(CCCC(F)(F)F)CCc1cccnc1. The van der Waals surface area contributed by atoms with Crippen molar-refractivity contribution < 1.29 is 13.2 Å². The molecule has 1 atom stereocenters. The summed E-state index contributed by atoms with van der Waals surface area (Å²) in [4.78, 5) is 3.97. The highest BCUT2D eigenvalue weighted by atomic mass is 19.4. The molecule has 1 unspecified atom stereocenters. The standard InChI is InChI=1S/C12H17F3N2/c13-12(14,15)7-1-4-11(16)6-5-10-3-2-8-17-9-10/h2-3,8-9,11H,1,4-7,16H2. The van der Waals surface area contributed by atoms with E-state index in [1.54, 1.807) is 12.4 Å². The average Bonchev–Trinajstić information content (AvgIpc) is 2.26. The van der Waals surface area contributed by atoms with E-state index in [2.05, 4.69) is 4.98 Å². The van der Waals surface area contributed by atoms with Crippen molar-refractivity contribution >= 4 is 0 Å². The second-order valence-corrected chi connectivity index (χ2v) is 4.17. The number of nitrogens with two attached hydrogens (primary N) is 1. The first kappa shape index (κ1) is 14.0. The summed E-state index contributed by atoms with van der Waals surface area (Å²) in [5.74, 6) is 0. The fraction of sp³-hybridized carbons (Fsp3) is 0.583. The highest BCUT2D eigenvalue weighted by Gasteiger charge is 2.26. The molecule has 0 spiro atoms. The Balaban J connectivity index is 2.15. The first-order valence-corrected chi connectivity index (χ1v) is 5.68. The van der Waals surface area contributed by atoms with Gasteiger partial charge in [-0.25, -0.2) is 0 Å². The van der Waals surface area contributed by atoms with E-state index in [-0.39, 0.29) is 12.5 Å². The molecule has 0 aliphatic rings. The Morgan fingerprint density at radius 2 is 2.06 bits per heavy atom. The lowest BCUT2D eigenvalue weighted by Gasteiger charge is -2.12. The van der Waals surface area contributed by atoms with Gasteiger partial charge in [0.15, 0.2) is 0 Å². The van der Waals surface area contributed by atoms with Crippen molar-refractivity contribution in [2.75, 3.05) is 0 Å². The predicted octanol–water partition coefficient (Wildman–Crippen LogP) is 3.07. The lowest BCUT2D eigenvalue weighted by molar-refractivity contribution is -0.135. The first-order valence-electron chi connectivity index (χ1n) is 5.68. The van der Waals surface area contributed by atoms with Crippen LogP contribution in [-0.4, -0.2) is 17.2 Å². The van der Waals surface area contributed by atoms with Crippen LogP contribution in [0.15, 0.2) is 24.5 Å². The van der Waals surface area contributed by atoms with E-state index in [0.29, 0.717) is 12.8 Å². The topological polar surface area (TPSA) is 38.9 Å². The molecule has 1 aromatic rings. The molecule has 1 rings (SSSR count). The van der Waals surface area contributed by atoms with Gasteiger partial charge in [-0.05, 0) is 37.3 Å². The molecule has 5 heteroatoms. The molecule has 1 aromatic heterocycles. The minimum atomic E-state index is -4.07. The predicted molar refractivity (Wildman–Crippen MR) is 60.4 cm³/mol. The van der Waals surface area contributed by atoms with Crippen molar-refractivity contribution in [1.29, 1.82) is 0 Å². The van der Waals surface area contributed by atoms with Gasteiger partial charge in [-0.1, -0.05) is 6.07 Å². The summed E-state index contributed by atoms with van der Waals surface area (Å²) in [6, 6.07) is 3.61. The van der Waals surface area contributed by atoms with Crippen LogP contribution in [0, 0.1) is 0 Å². The van der Waals surface area contributed by atoms with Gasteiger partial charge in [0.2, 0.25) is 0 Å². The Morgan fingerprint density at radius 3 is 2.65 bits per heavy atom. The number of hydrogen-bond donors (Lipinski definition) is 1. The van der Waals surface area contributed by atoms with E-state index in [0.717, 1.165) is 12.0 Å². The Hall–Kier alpha value is -1.10. The second-order valence-electron chi connectivity index (χ2n) is 4.17. The highest BCUT2D eigenvalue weighted by Crippen LogP contribution is 2.22. The Morgan fingerprint density at radius 1 is 1.29 bits per heavy atom. The third-order valence-electron chi connectivity index (χ3n) is 2.56. The van der Waals surface area contributed by atoms with E-state index >= 15 is 0 Å². The molecule has 0 fully saturated rings. The van der Waals surface area contributed by atoms with E-state index < -0.39 is 12.6 Å². The molecule has 1 heterocycles. The van der Waals surface area contributed by atoms with Crippen LogP contribution in [0.4, 0.5) is 13.2 Å². The van der Waals surface area contributed by atoms with Gasteiger partial charge in [0.05, 0.1) is 0 Å². The number of halogens is 3. The summed E-state index contributed by atoms with van der Waals surface area (Å²) in [6.07, 6.45) is 0.619. The quantitative estimate of drug-likeness (QED) is 0.837. The molecule has 0 saturated carbocycles. The number of nitrogens with zero attached hydrogens (tertiary/aromatic N) is 1. The molecular formula is C12H17F3N2. The van der Waals surface area contributed by atoms with E-state index in [1.165, 1.54) is 0 Å². The van der Waals surface area contributed by atoms with Crippen LogP contribution in [0.2, 0.25) is 0 Å². The van der Waals surface area contributed by atoms with Gasteiger partial charge >= 0.3 is 6.18 Å². The van der Waals surface area contributed by atoms with Crippen LogP contribution >= 0.6 is 0 Å². The van der Waals surface area contributed by atoms with E-state index in [1.807, 2.05) is 12.1 Å². The third kappa shape index (κ3) is 6.94. The van der Waals surface area contributed by atoms with Gasteiger partial charge in [-0.2, -0.15) is 13.2 Å². The van der Waals surface area contributed by atoms with Crippen molar-refractivity contribution in [3.63, 3.8) is 0 Å². The Kier molecular flexibility index (Phi) is 5.41. The molecule has 2 N–H and O–H groups in total. The normalized spacial score (nSPS) is 13.6. The highest BCUT2D eigenvalue weighted by molar-refractivity contribution is 5.08. The zero-order valence-corrected chi connectivity index (χ0v) is 9.58. The first-order chi connectivity index (χ1) is 7.97. The molecule has 2 nitrogen and oxygen atoms in total. The molecule has 0 amide bonds. The number of alkyl halides is 3. The van der Waals surface area contributed by atoms with E-state index in [9.17, 15) is 13.2 Å². The van der Waals surface area contributed by atoms with Crippen LogP contribution in [-0.2, 0) is 6.42 Å². The molecule has 0 radical (unpaired) electrons. The third-order valence-corrected chi connectivity index (χ3v) is 2.56. The molecular weight excluding hydrogens is 229 g/mol. The molecule has 0 saturated heterocycles. The zero-order valence-electron chi connectivity index (χ0n) is 9.58. The zero-order chi connectivity index (χ0) is 12.7. The maximum atomic E-state index is 11.9. The van der Waals surface area contributed by atoms with Gasteiger partial charge in [0, 0.05) is 24.9 Å². The maximum absolute atomic E-state index is 11.9. The van der Waals surface area contributed by atoms with Crippen molar-refractivity contribution in [2.24, 2.45) is 5.73 Å². The summed E-state index contributed by atoms with van der Waals surface area (Å²) in [7, 11) is 0. The number of aryl methyl sites for hydroxylation is 1. The van der Waals surface area contributed by atoms with Crippen LogP contribution in [0.1, 0.15) is 31.2 Å². The fourth-order valence-electron chi connectivity index (χ4n) is 1.61. The Labute approximate surface area is 99.0 Å². The summed E-state index contributed by atoms with van der Waals surface area (Å²) >= 11 is 0. The minimum Gasteiger partial charge on any atom is -0.328 e. The van der Waals surface area contributed by atoms with Gasteiger partial charge < -0.3 is 5.73 Å². The number of rotatable bonds is 6. The smallest absolute Gasteiger partial charge is 0.328 e. The van der Waals surface area contributed by atoms with Crippen molar-refractivity contribution in [2.45, 2.75) is 44.3 Å². The van der Waals surface area contributed by atoms with Gasteiger partial charge in [0.25, 0.3) is 0 Å². The molecule has 0 aliphatic heterocycles. The number of pyridine rings is 1. The second kappa shape index (κ2) is 6.59. The van der Waals surface area contributed by atoms with Crippen molar-refractivity contribution in [1.82, 2.24) is 4.98 Å². The lowest BCUT2D eigenvalue weighted by Crippen LogP contribution is -2.21. The largest absolute Gasteiger partial charge is 0.389 e. The summed E-state index contributed by atoms with van der Waals surface area (Å²) in [5, 5.41) is 0. The summed E-state index contributed by atoms with van der Waals surface area (Å²) in [6.45, 7) is 0. The van der Waals surface area contributed by atoms with Gasteiger partial charge in [0.1, 0.15) is 0 Å². The molecule has 17 heavy (non-hydrogen) atoms. The summed E-state index contributed by atoms with van der Waals surface area (Å²) in [5.41, 5.74) is 6.83. The van der Waals surface area contributed by atoms with Crippen LogP contribution in [0.3, 0.4) is 0 Å². The maximum Gasteiger partial charge on any atom is 0.389 e. The Bertz CT molecular complexity index is 311. The molecule has 96 valence electrons. The molecule has 0 aliphatic carbocycles. The van der Waals surface area contributed by atoms with Gasteiger partial charge in [-0.15, -0.1) is 0 Å².